The topological polar surface area (TPSA) is 69.4 Å². The van der Waals surface area contributed by atoms with E-state index in [0.717, 1.165) is 12.0 Å². The predicted octanol–water partition coefficient (Wildman–Crippen LogP) is 1.10. The lowest BCUT2D eigenvalue weighted by atomic mass is 10.0. The summed E-state index contributed by atoms with van der Waals surface area (Å²) in [4.78, 5) is 0. The SMILES string of the molecule is CCc1ccc([C@@H]2[C@H](S(C)(=O)=O)[C@]2(N)COC)cc1. The summed E-state index contributed by atoms with van der Waals surface area (Å²) < 4.78 is 28.8. The molecule has 1 aliphatic carbocycles. The molecule has 1 aromatic rings. The number of sulfone groups is 1. The molecule has 0 saturated heterocycles. The number of hydrogen-bond donors (Lipinski definition) is 1. The Morgan fingerprint density at radius 3 is 2.32 bits per heavy atom. The van der Waals surface area contributed by atoms with Gasteiger partial charge in [-0.1, -0.05) is 31.2 Å². The van der Waals surface area contributed by atoms with Crippen LogP contribution in [-0.4, -0.2) is 39.2 Å². The third-order valence-corrected chi connectivity index (χ3v) is 5.54. The predicted molar refractivity (Wildman–Crippen MR) is 76.0 cm³/mol. The second-order valence-electron chi connectivity index (χ2n) is 5.37. The Labute approximate surface area is 114 Å². The van der Waals surface area contributed by atoms with Gasteiger partial charge in [-0.25, -0.2) is 8.42 Å². The maximum absolute atomic E-state index is 11.9. The van der Waals surface area contributed by atoms with Crippen molar-refractivity contribution < 1.29 is 13.2 Å². The number of methoxy groups -OCH3 is 1. The Morgan fingerprint density at radius 2 is 1.89 bits per heavy atom. The minimum absolute atomic E-state index is 0.173. The van der Waals surface area contributed by atoms with Crippen LogP contribution in [0.3, 0.4) is 0 Å². The summed E-state index contributed by atoms with van der Waals surface area (Å²) in [5, 5.41) is -0.549. The van der Waals surface area contributed by atoms with Crippen molar-refractivity contribution >= 4 is 9.84 Å². The van der Waals surface area contributed by atoms with Crippen molar-refractivity contribution in [2.24, 2.45) is 5.73 Å². The van der Waals surface area contributed by atoms with Crippen LogP contribution in [0.25, 0.3) is 0 Å². The number of ether oxygens (including phenoxy) is 1. The molecule has 0 aliphatic heterocycles. The molecule has 0 aromatic heterocycles. The molecule has 0 amide bonds. The van der Waals surface area contributed by atoms with Crippen LogP contribution in [-0.2, 0) is 21.0 Å². The van der Waals surface area contributed by atoms with Gasteiger partial charge < -0.3 is 10.5 Å². The fraction of sp³-hybridized carbons (Fsp3) is 0.571. The summed E-state index contributed by atoms with van der Waals surface area (Å²) in [6.07, 6.45) is 2.21. The zero-order valence-corrected chi connectivity index (χ0v) is 12.4. The highest BCUT2D eigenvalue weighted by Gasteiger charge is 2.67. The van der Waals surface area contributed by atoms with Crippen LogP contribution in [0, 0.1) is 0 Å². The molecule has 0 heterocycles. The molecule has 1 aromatic carbocycles. The lowest BCUT2D eigenvalue weighted by Gasteiger charge is -2.10. The molecule has 2 rings (SSSR count). The van der Waals surface area contributed by atoms with E-state index in [2.05, 4.69) is 6.92 Å². The quantitative estimate of drug-likeness (QED) is 0.878. The molecule has 0 unspecified atom stereocenters. The fourth-order valence-electron chi connectivity index (χ4n) is 2.94. The molecule has 0 spiro atoms. The molecule has 3 atom stereocenters. The first kappa shape index (κ1) is 14.5. The number of hydrogen-bond acceptors (Lipinski definition) is 4. The molecule has 1 aliphatic rings. The summed E-state index contributed by atoms with van der Waals surface area (Å²) in [5.74, 6) is -0.173. The lowest BCUT2D eigenvalue weighted by Crippen LogP contribution is -2.35. The number of rotatable bonds is 5. The molecule has 0 radical (unpaired) electrons. The third-order valence-electron chi connectivity index (χ3n) is 3.91. The highest BCUT2D eigenvalue weighted by molar-refractivity contribution is 7.91. The molecule has 0 bridgehead atoms. The van der Waals surface area contributed by atoms with Crippen LogP contribution in [0.15, 0.2) is 24.3 Å². The van der Waals surface area contributed by atoms with Gasteiger partial charge in [0.2, 0.25) is 0 Å². The molecular weight excluding hydrogens is 262 g/mol. The van der Waals surface area contributed by atoms with E-state index in [1.165, 1.54) is 11.8 Å². The van der Waals surface area contributed by atoms with Crippen molar-refractivity contribution in [2.75, 3.05) is 20.0 Å². The van der Waals surface area contributed by atoms with Gasteiger partial charge in [0, 0.05) is 19.3 Å². The van der Waals surface area contributed by atoms with Gasteiger partial charge in [0.05, 0.1) is 17.4 Å². The van der Waals surface area contributed by atoms with Gasteiger partial charge in [0.15, 0.2) is 9.84 Å². The van der Waals surface area contributed by atoms with Gasteiger partial charge in [-0.3, -0.25) is 0 Å². The molecule has 19 heavy (non-hydrogen) atoms. The minimum Gasteiger partial charge on any atom is -0.383 e. The first-order valence-electron chi connectivity index (χ1n) is 6.40. The van der Waals surface area contributed by atoms with E-state index in [-0.39, 0.29) is 12.5 Å². The Balaban J connectivity index is 2.32. The van der Waals surface area contributed by atoms with Crippen molar-refractivity contribution in [1.29, 1.82) is 0 Å². The normalized spacial score (nSPS) is 30.3. The summed E-state index contributed by atoms with van der Waals surface area (Å²) >= 11 is 0. The van der Waals surface area contributed by atoms with Crippen LogP contribution >= 0.6 is 0 Å². The van der Waals surface area contributed by atoms with E-state index in [1.54, 1.807) is 7.11 Å². The number of benzene rings is 1. The highest BCUT2D eigenvalue weighted by atomic mass is 32.2. The van der Waals surface area contributed by atoms with E-state index in [9.17, 15) is 8.42 Å². The second kappa shape index (κ2) is 4.89. The van der Waals surface area contributed by atoms with E-state index >= 15 is 0 Å². The molecular formula is C14H21NO3S. The molecule has 106 valence electrons. The molecule has 1 fully saturated rings. The number of aryl methyl sites for hydroxylation is 1. The average molecular weight is 283 g/mol. The molecule has 1 saturated carbocycles. The maximum atomic E-state index is 11.9. The summed E-state index contributed by atoms with van der Waals surface area (Å²) in [5.41, 5.74) is 7.64. The van der Waals surface area contributed by atoms with Crippen molar-refractivity contribution in [3.63, 3.8) is 0 Å². The Bertz CT molecular complexity index is 553. The minimum atomic E-state index is -3.18. The van der Waals surface area contributed by atoms with Crippen LogP contribution in [0.2, 0.25) is 0 Å². The van der Waals surface area contributed by atoms with Gasteiger partial charge in [-0.15, -0.1) is 0 Å². The fourth-order valence-corrected chi connectivity index (χ4v) is 4.77. The second-order valence-corrected chi connectivity index (χ2v) is 7.54. The molecule has 5 heteroatoms. The standard InChI is InChI=1S/C14H21NO3S/c1-4-10-5-7-11(8-6-10)12-13(19(3,16)17)14(12,15)9-18-2/h5-8,12-13H,4,9,15H2,1-3H3/t12-,13+,14+/m1/s1. The van der Waals surface area contributed by atoms with Crippen molar-refractivity contribution in [3.05, 3.63) is 35.4 Å². The van der Waals surface area contributed by atoms with Crippen molar-refractivity contribution in [2.45, 2.75) is 30.1 Å². The smallest absolute Gasteiger partial charge is 0.152 e. The van der Waals surface area contributed by atoms with Crippen molar-refractivity contribution in [1.82, 2.24) is 0 Å². The van der Waals surface area contributed by atoms with Crippen LogP contribution in [0.5, 0.6) is 0 Å². The first-order chi connectivity index (χ1) is 8.84. The van der Waals surface area contributed by atoms with E-state index in [0.29, 0.717) is 0 Å². The molecule has 4 nitrogen and oxygen atoms in total. The van der Waals surface area contributed by atoms with Gasteiger partial charge in [0.25, 0.3) is 0 Å². The Kier molecular flexibility index (Phi) is 3.73. The van der Waals surface area contributed by atoms with Gasteiger partial charge in [-0.05, 0) is 17.5 Å². The summed E-state index contributed by atoms with van der Waals surface area (Å²) in [7, 11) is -1.63. The van der Waals surface area contributed by atoms with E-state index in [1.807, 2.05) is 24.3 Å². The Hall–Kier alpha value is -0.910. The van der Waals surface area contributed by atoms with Crippen LogP contribution in [0.1, 0.15) is 24.0 Å². The van der Waals surface area contributed by atoms with Gasteiger partial charge in [-0.2, -0.15) is 0 Å². The monoisotopic (exact) mass is 283 g/mol. The van der Waals surface area contributed by atoms with Gasteiger partial charge >= 0.3 is 0 Å². The zero-order chi connectivity index (χ0) is 14.3. The largest absolute Gasteiger partial charge is 0.383 e. The van der Waals surface area contributed by atoms with Crippen LogP contribution in [0.4, 0.5) is 0 Å². The van der Waals surface area contributed by atoms with Crippen LogP contribution < -0.4 is 5.73 Å². The zero-order valence-electron chi connectivity index (χ0n) is 11.6. The number of nitrogens with two attached hydrogens (primary N) is 1. The average Bonchev–Trinajstić information content (AvgIpc) is 2.96. The Morgan fingerprint density at radius 1 is 1.32 bits per heavy atom. The molecule has 2 N–H and O–H groups in total. The third kappa shape index (κ3) is 2.55. The summed E-state index contributed by atoms with van der Waals surface area (Å²) in [6.45, 7) is 2.34. The highest BCUT2D eigenvalue weighted by Crippen LogP contribution is 2.53. The summed E-state index contributed by atoms with van der Waals surface area (Å²) in [6, 6.07) is 8.01. The van der Waals surface area contributed by atoms with E-state index < -0.39 is 20.6 Å². The first-order valence-corrected chi connectivity index (χ1v) is 8.35. The van der Waals surface area contributed by atoms with Crippen molar-refractivity contribution in [3.8, 4) is 0 Å². The lowest BCUT2D eigenvalue weighted by molar-refractivity contribution is 0.171. The maximum Gasteiger partial charge on any atom is 0.152 e. The van der Waals surface area contributed by atoms with Gasteiger partial charge in [0.1, 0.15) is 0 Å². The van der Waals surface area contributed by atoms with E-state index in [4.69, 9.17) is 10.5 Å².